The number of amides is 1. The van der Waals surface area contributed by atoms with Gasteiger partial charge in [-0.1, -0.05) is 24.3 Å². The maximum absolute atomic E-state index is 13.2. The van der Waals surface area contributed by atoms with Crippen LogP contribution in [0.1, 0.15) is 18.1 Å². The number of hydrogen-bond donors (Lipinski definition) is 1. The Labute approximate surface area is 188 Å². The van der Waals surface area contributed by atoms with E-state index in [4.69, 9.17) is 4.74 Å². The van der Waals surface area contributed by atoms with E-state index in [0.29, 0.717) is 22.5 Å². The van der Waals surface area contributed by atoms with Gasteiger partial charge in [-0.15, -0.1) is 11.3 Å². The Hall–Kier alpha value is -3.65. The normalized spacial score (nSPS) is 10.9. The molecule has 4 aromatic rings. The molecule has 0 fully saturated rings. The fourth-order valence-corrected chi connectivity index (χ4v) is 4.38. The standard InChI is InChI=1S/C24H23N3O4S/c1-3-31-19-9-7-17(8-10-19)14-27-23(29)22-20(11-12-32-22)26(24(27)30)15-21(28)25-18-6-4-5-16(2)13-18/h4-13H,3,14-15H2,1-2H3,(H,25,28). The van der Waals surface area contributed by atoms with Crippen molar-refractivity contribution in [1.29, 1.82) is 0 Å². The largest absolute Gasteiger partial charge is 0.494 e. The number of carbonyl (C=O) groups is 1. The van der Waals surface area contributed by atoms with Gasteiger partial charge >= 0.3 is 5.69 Å². The molecule has 0 radical (unpaired) electrons. The Balaban J connectivity index is 1.67. The van der Waals surface area contributed by atoms with Gasteiger partial charge in [0.25, 0.3) is 5.56 Å². The number of carbonyl (C=O) groups excluding carboxylic acids is 1. The van der Waals surface area contributed by atoms with E-state index in [1.54, 1.807) is 29.6 Å². The molecule has 0 saturated carbocycles. The number of rotatable bonds is 7. The minimum absolute atomic E-state index is 0.109. The summed E-state index contributed by atoms with van der Waals surface area (Å²) in [5, 5.41) is 4.57. The smallest absolute Gasteiger partial charge is 0.332 e. The van der Waals surface area contributed by atoms with E-state index in [1.165, 1.54) is 20.5 Å². The van der Waals surface area contributed by atoms with Crippen LogP contribution in [0.3, 0.4) is 0 Å². The van der Waals surface area contributed by atoms with Crippen LogP contribution in [0.5, 0.6) is 5.75 Å². The molecule has 0 saturated heterocycles. The molecule has 0 unspecified atom stereocenters. The quantitative estimate of drug-likeness (QED) is 0.467. The lowest BCUT2D eigenvalue weighted by Gasteiger charge is -2.13. The Morgan fingerprint density at radius 1 is 1.06 bits per heavy atom. The summed E-state index contributed by atoms with van der Waals surface area (Å²) in [6, 6.07) is 16.4. The summed E-state index contributed by atoms with van der Waals surface area (Å²) >= 11 is 1.26. The van der Waals surface area contributed by atoms with Crippen molar-refractivity contribution in [2.75, 3.05) is 11.9 Å². The van der Waals surface area contributed by atoms with E-state index in [-0.39, 0.29) is 24.6 Å². The SMILES string of the molecule is CCOc1ccc(Cn2c(=O)c3sccc3n(CC(=O)Nc3cccc(C)c3)c2=O)cc1. The second-order valence-electron chi connectivity index (χ2n) is 7.39. The lowest BCUT2D eigenvalue weighted by molar-refractivity contribution is -0.116. The Bertz CT molecular complexity index is 1380. The number of fused-ring (bicyclic) bond motifs is 1. The van der Waals surface area contributed by atoms with Crippen LogP contribution in [-0.4, -0.2) is 21.6 Å². The predicted octanol–water partition coefficient (Wildman–Crippen LogP) is 3.62. The van der Waals surface area contributed by atoms with Crippen molar-refractivity contribution in [3.8, 4) is 5.75 Å². The van der Waals surface area contributed by atoms with E-state index in [2.05, 4.69) is 5.32 Å². The van der Waals surface area contributed by atoms with Gasteiger partial charge in [-0.05, 0) is 60.7 Å². The average molecular weight is 450 g/mol. The Kier molecular flexibility index (Phi) is 6.23. The second kappa shape index (κ2) is 9.23. The monoisotopic (exact) mass is 449 g/mol. The molecule has 32 heavy (non-hydrogen) atoms. The molecule has 0 atom stereocenters. The molecule has 2 aromatic carbocycles. The summed E-state index contributed by atoms with van der Waals surface area (Å²) < 4.78 is 8.42. The van der Waals surface area contributed by atoms with Gasteiger partial charge < -0.3 is 10.1 Å². The molecule has 0 aliphatic heterocycles. The van der Waals surface area contributed by atoms with Crippen LogP contribution in [0, 0.1) is 6.92 Å². The summed E-state index contributed by atoms with van der Waals surface area (Å²) in [5.74, 6) is 0.388. The molecule has 164 valence electrons. The first kappa shape index (κ1) is 21.6. The molecular formula is C24H23N3O4S. The number of aromatic nitrogens is 2. The fraction of sp³-hybridized carbons (Fsp3) is 0.208. The summed E-state index contributed by atoms with van der Waals surface area (Å²) in [5.41, 5.74) is 2.06. The van der Waals surface area contributed by atoms with Gasteiger partial charge in [0.05, 0.1) is 18.7 Å². The summed E-state index contributed by atoms with van der Waals surface area (Å²) in [4.78, 5) is 38.9. The maximum atomic E-state index is 13.2. The zero-order chi connectivity index (χ0) is 22.7. The topological polar surface area (TPSA) is 82.3 Å². The van der Waals surface area contributed by atoms with Crippen molar-refractivity contribution >= 4 is 33.1 Å². The molecule has 0 aliphatic rings. The lowest BCUT2D eigenvalue weighted by Crippen LogP contribution is -2.41. The van der Waals surface area contributed by atoms with Gasteiger partial charge in [-0.2, -0.15) is 0 Å². The lowest BCUT2D eigenvalue weighted by atomic mass is 10.2. The molecule has 1 N–H and O–H groups in total. The van der Waals surface area contributed by atoms with E-state index in [9.17, 15) is 14.4 Å². The van der Waals surface area contributed by atoms with Crippen molar-refractivity contribution < 1.29 is 9.53 Å². The molecule has 2 aromatic heterocycles. The third kappa shape index (κ3) is 4.50. The maximum Gasteiger partial charge on any atom is 0.332 e. The minimum atomic E-state index is -0.519. The van der Waals surface area contributed by atoms with Gasteiger partial charge in [0.15, 0.2) is 0 Å². The highest BCUT2D eigenvalue weighted by Gasteiger charge is 2.17. The van der Waals surface area contributed by atoms with Gasteiger partial charge in [0, 0.05) is 5.69 Å². The molecule has 0 aliphatic carbocycles. The van der Waals surface area contributed by atoms with E-state index < -0.39 is 5.69 Å². The highest BCUT2D eigenvalue weighted by atomic mass is 32.1. The Morgan fingerprint density at radius 2 is 1.84 bits per heavy atom. The van der Waals surface area contributed by atoms with Crippen molar-refractivity contribution in [1.82, 2.24) is 9.13 Å². The molecule has 0 bridgehead atoms. The zero-order valence-corrected chi connectivity index (χ0v) is 18.6. The van der Waals surface area contributed by atoms with Crippen LogP contribution < -0.4 is 21.3 Å². The molecular weight excluding hydrogens is 426 g/mol. The third-order valence-corrected chi connectivity index (χ3v) is 5.91. The number of nitrogens with zero attached hydrogens (tertiary/aromatic N) is 2. The van der Waals surface area contributed by atoms with Gasteiger partial charge in [-0.3, -0.25) is 18.7 Å². The van der Waals surface area contributed by atoms with E-state index in [1.807, 2.05) is 44.2 Å². The van der Waals surface area contributed by atoms with Gasteiger partial charge in [-0.25, -0.2) is 4.79 Å². The first-order valence-corrected chi connectivity index (χ1v) is 11.1. The third-order valence-electron chi connectivity index (χ3n) is 5.02. The van der Waals surface area contributed by atoms with Gasteiger partial charge in [0.1, 0.15) is 17.0 Å². The number of aryl methyl sites for hydroxylation is 1. The summed E-state index contributed by atoms with van der Waals surface area (Å²) in [6.07, 6.45) is 0. The molecule has 7 nitrogen and oxygen atoms in total. The highest BCUT2D eigenvalue weighted by Crippen LogP contribution is 2.17. The summed E-state index contributed by atoms with van der Waals surface area (Å²) in [7, 11) is 0. The molecule has 1 amide bonds. The van der Waals surface area contributed by atoms with Crippen LogP contribution >= 0.6 is 11.3 Å². The van der Waals surface area contributed by atoms with Crippen LogP contribution in [0.2, 0.25) is 0 Å². The molecule has 4 rings (SSSR count). The predicted molar refractivity (Wildman–Crippen MR) is 127 cm³/mol. The highest BCUT2D eigenvalue weighted by molar-refractivity contribution is 7.17. The number of benzene rings is 2. The number of hydrogen-bond acceptors (Lipinski definition) is 5. The van der Waals surface area contributed by atoms with Crippen LogP contribution in [0.15, 0.2) is 69.6 Å². The minimum Gasteiger partial charge on any atom is -0.494 e. The number of ether oxygens (including phenoxy) is 1. The van der Waals surface area contributed by atoms with Crippen molar-refractivity contribution in [2.45, 2.75) is 26.9 Å². The van der Waals surface area contributed by atoms with Crippen molar-refractivity contribution in [3.63, 3.8) is 0 Å². The van der Waals surface area contributed by atoms with Crippen LogP contribution in [0.25, 0.3) is 10.2 Å². The van der Waals surface area contributed by atoms with Crippen LogP contribution in [0.4, 0.5) is 5.69 Å². The van der Waals surface area contributed by atoms with Crippen molar-refractivity contribution in [2.24, 2.45) is 0 Å². The Morgan fingerprint density at radius 3 is 2.56 bits per heavy atom. The molecule has 2 heterocycles. The number of anilines is 1. The molecule has 0 spiro atoms. The first-order chi connectivity index (χ1) is 15.5. The van der Waals surface area contributed by atoms with Gasteiger partial charge in [0.2, 0.25) is 5.91 Å². The zero-order valence-electron chi connectivity index (χ0n) is 17.8. The van der Waals surface area contributed by atoms with Crippen molar-refractivity contribution in [3.05, 3.63) is 91.9 Å². The fourth-order valence-electron chi connectivity index (χ4n) is 3.53. The number of thiophene rings is 1. The van der Waals surface area contributed by atoms with Crippen LogP contribution in [-0.2, 0) is 17.9 Å². The first-order valence-electron chi connectivity index (χ1n) is 10.3. The van der Waals surface area contributed by atoms with E-state index in [0.717, 1.165) is 16.9 Å². The van der Waals surface area contributed by atoms with E-state index >= 15 is 0 Å². The second-order valence-corrected chi connectivity index (χ2v) is 8.31. The summed E-state index contributed by atoms with van der Waals surface area (Å²) in [6.45, 7) is 4.32. The molecule has 8 heteroatoms. The number of nitrogens with one attached hydrogen (secondary N) is 1. The average Bonchev–Trinajstić information content (AvgIpc) is 3.26.